The van der Waals surface area contributed by atoms with Gasteiger partial charge in [-0.05, 0) is 50.2 Å². The van der Waals surface area contributed by atoms with E-state index in [4.69, 9.17) is 14.2 Å². The number of methoxy groups -OCH3 is 2. The molecule has 1 aromatic heterocycles. The third-order valence-electron chi connectivity index (χ3n) is 6.07. The monoisotopic (exact) mass is 569 g/mol. The average Bonchev–Trinajstić information content (AvgIpc) is 3.28. The summed E-state index contributed by atoms with van der Waals surface area (Å²) in [6.07, 6.45) is 0. The molecule has 0 radical (unpaired) electrons. The highest BCUT2D eigenvalue weighted by atomic mass is 32.2. The van der Waals surface area contributed by atoms with E-state index in [-0.39, 0.29) is 17.0 Å². The molecule has 0 saturated heterocycles. The fourth-order valence-corrected chi connectivity index (χ4v) is 6.67. The standard InChI is InChI=1S/C28H31N3O6S2/c1-5-31(21-10-8-7-9-11-21)39(33,34)22-14-12-20(13-15-22)27(32)29-28-30(16-17-37-6-2)23-18-24(35-3)25(36-4)19-26(23)38-28/h7-15,18-19H,5-6,16-17H2,1-4H3. The molecule has 9 nitrogen and oxygen atoms in total. The first kappa shape index (κ1) is 28.3. The minimum absolute atomic E-state index is 0.0950. The lowest BCUT2D eigenvalue weighted by molar-refractivity contribution is 0.0996. The summed E-state index contributed by atoms with van der Waals surface area (Å²) in [4.78, 5) is 18.2. The van der Waals surface area contributed by atoms with Gasteiger partial charge >= 0.3 is 0 Å². The number of benzene rings is 3. The molecular formula is C28H31N3O6S2. The van der Waals surface area contributed by atoms with Gasteiger partial charge < -0.3 is 18.8 Å². The fraction of sp³-hybridized carbons (Fsp3) is 0.286. The summed E-state index contributed by atoms with van der Waals surface area (Å²) in [6.45, 7) is 5.46. The van der Waals surface area contributed by atoms with E-state index in [1.54, 1.807) is 45.4 Å². The van der Waals surface area contributed by atoms with Crippen molar-refractivity contribution in [3.63, 3.8) is 0 Å². The Morgan fingerprint density at radius 3 is 2.26 bits per heavy atom. The fourth-order valence-electron chi connectivity index (χ4n) is 4.13. The van der Waals surface area contributed by atoms with Gasteiger partial charge in [0.15, 0.2) is 16.3 Å². The first-order chi connectivity index (χ1) is 18.8. The van der Waals surface area contributed by atoms with Gasteiger partial charge in [0.05, 0.1) is 41.6 Å². The maximum atomic E-state index is 13.3. The van der Waals surface area contributed by atoms with E-state index in [2.05, 4.69) is 4.99 Å². The largest absolute Gasteiger partial charge is 0.493 e. The summed E-state index contributed by atoms with van der Waals surface area (Å²) >= 11 is 1.35. The summed E-state index contributed by atoms with van der Waals surface area (Å²) in [5, 5.41) is 0. The zero-order valence-electron chi connectivity index (χ0n) is 22.3. The van der Waals surface area contributed by atoms with Crippen molar-refractivity contribution in [2.24, 2.45) is 4.99 Å². The summed E-state index contributed by atoms with van der Waals surface area (Å²) < 4.78 is 47.1. The number of carbonyl (C=O) groups is 1. The topological polar surface area (TPSA) is 99.4 Å². The van der Waals surface area contributed by atoms with Crippen LogP contribution in [0.25, 0.3) is 10.2 Å². The minimum Gasteiger partial charge on any atom is -0.493 e. The maximum absolute atomic E-state index is 13.3. The first-order valence-electron chi connectivity index (χ1n) is 12.4. The Balaban J connectivity index is 1.69. The highest BCUT2D eigenvalue weighted by Crippen LogP contribution is 2.33. The van der Waals surface area contributed by atoms with Crippen LogP contribution in [-0.2, 0) is 21.3 Å². The number of fused-ring (bicyclic) bond motifs is 1. The number of hydrogen-bond donors (Lipinski definition) is 0. The van der Waals surface area contributed by atoms with Crippen LogP contribution in [0.2, 0.25) is 0 Å². The van der Waals surface area contributed by atoms with Crippen LogP contribution >= 0.6 is 11.3 Å². The third kappa shape index (κ3) is 6.00. The molecule has 4 aromatic rings. The molecule has 1 amide bonds. The number of aromatic nitrogens is 1. The molecule has 0 atom stereocenters. The molecule has 206 valence electrons. The van der Waals surface area contributed by atoms with Crippen molar-refractivity contribution >= 4 is 43.2 Å². The molecule has 0 aliphatic rings. The number of amides is 1. The number of hydrogen-bond acceptors (Lipinski definition) is 7. The highest BCUT2D eigenvalue weighted by molar-refractivity contribution is 7.92. The van der Waals surface area contributed by atoms with Crippen LogP contribution in [0.5, 0.6) is 11.5 Å². The molecule has 0 aliphatic carbocycles. The van der Waals surface area contributed by atoms with Gasteiger partial charge in [-0.1, -0.05) is 29.5 Å². The number of ether oxygens (including phenoxy) is 3. The van der Waals surface area contributed by atoms with E-state index in [0.29, 0.717) is 41.7 Å². The van der Waals surface area contributed by atoms with E-state index in [1.165, 1.54) is 39.9 Å². The third-order valence-corrected chi connectivity index (χ3v) is 9.03. The highest BCUT2D eigenvalue weighted by Gasteiger charge is 2.24. The molecular weight excluding hydrogens is 538 g/mol. The lowest BCUT2D eigenvalue weighted by atomic mass is 10.2. The van der Waals surface area contributed by atoms with Crippen molar-refractivity contribution in [3.05, 3.63) is 77.1 Å². The second kappa shape index (κ2) is 12.5. The number of nitrogens with zero attached hydrogens (tertiary/aromatic N) is 3. The second-order valence-corrected chi connectivity index (χ2v) is 11.2. The Morgan fingerprint density at radius 2 is 1.64 bits per heavy atom. The van der Waals surface area contributed by atoms with Crippen molar-refractivity contribution < 1.29 is 27.4 Å². The average molecular weight is 570 g/mol. The van der Waals surface area contributed by atoms with Crippen molar-refractivity contribution in [1.82, 2.24) is 4.57 Å². The van der Waals surface area contributed by atoms with Crippen LogP contribution in [-0.4, -0.2) is 52.9 Å². The Morgan fingerprint density at radius 1 is 0.974 bits per heavy atom. The van der Waals surface area contributed by atoms with Gasteiger partial charge in [-0.2, -0.15) is 4.99 Å². The molecule has 0 fully saturated rings. The Labute approximate surface area is 231 Å². The maximum Gasteiger partial charge on any atom is 0.279 e. The lowest BCUT2D eigenvalue weighted by Crippen LogP contribution is -2.30. The van der Waals surface area contributed by atoms with Crippen LogP contribution in [0.3, 0.4) is 0 Å². The summed E-state index contributed by atoms with van der Waals surface area (Å²) in [7, 11) is -0.668. The molecule has 0 unspecified atom stereocenters. The molecule has 1 heterocycles. The van der Waals surface area contributed by atoms with Gasteiger partial charge in [0.25, 0.3) is 15.9 Å². The molecule has 0 bridgehead atoms. The second-order valence-electron chi connectivity index (χ2n) is 8.35. The van der Waals surface area contributed by atoms with Gasteiger partial charge in [-0.15, -0.1) is 0 Å². The smallest absolute Gasteiger partial charge is 0.279 e. The molecule has 4 rings (SSSR count). The van der Waals surface area contributed by atoms with Crippen molar-refractivity contribution in [1.29, 1.82) is 0 Å². The molecule has 0 saturated carbocycles. The molecule has 11 heteroatoms. The van der Waals surface area contributed by atoms with Crippen LogP contribution in [0.4, 0.5) is 5.69 Å². The van der Waals surface area contributed by atoms with Gasteiger partial charge in [0.2, 0.25) is 0 Å². The van der Waals surface area contributed by atoms with Gasteiger partial charge in [-0.25, -0.2) is 8.42 Å². The molecule has 39 heavy (non-hydrogen) atoms. The zero-order chi connectivity index (χ0) is 28.0. The van der Waals surface area contributed by atoms with E-state index in [9.17, 15) is 13.2 Å². The Bertz CT molecular complexity index is 1610. The summed E-state index contributed by atoms with van der Waals surface area (Å²) in [5.41, 5.74) is 1.69. The van der Waals surface area contributed by atoms with Gasteiger partial charge in [0, 0.05) is 37.4 Å². The van der Waals surface area contributed by atoms with Crippen molar-refractivity contribution in [2.45, 2.75) is 25.3 Å². The minimum atomic E-state index is -3.80. The summed E-state index contributed by atoms with van der Waals surface area (Å²) in [6, 6.07) is 18.5. The summed E-state index contributed by atoms with van der Waals surface area (Å²) in [5.74, 6) is 0.666. The Hall–Kier alpha value is -3.67. The van der Waals surface area contributed by atoms with E-state index >= 15 is 0 Å². The zero-order valence-corrected chi connectivity index (χ0v) is 23.9. The number of carbonyl (C=O) groups excluding carboxylic acids is 1. The van der Waals surface area contributed by atoms with Crippen LogP contribution in [0.15, 0.2) is 76.6 Å². The molecule has 3 aromatic carbocycles. The van der Waals surface area contributed by atoms with Crippen molar-refractivity contribution in [2.75, 3.05) is 38.3 Å². The number of sulfonamides is 1. The van der Waals surface area contributed by atoms with Crippen LogP contribution in [0.1, 0.15) is 24.2 Å². The number of anilines is 1. The predicted octanol–water partition coefficient (Wildman–Crippen LogP) is 4.71. The number of rotatable bonds is 11. The van der Waals surface area contributed by atoms with E-state index in [0.717, 1.165) is 10.2 Å². The van der Waals surface area contributed by atoms with Gasteiger partial charge in [0.1, 0.15) is 0 Å². The van der Waals surface area contributed by atoms with E-state index < -0.39 is 15.9 Å². The van der Waals surface area contributed by atoms with Crippen LogP contribution < -0.4 is 18.6 Å². The SMILES string of the molecule is CCOCCn1c(=NC(=O)c2ccc(S(=O)(=O)N(CC)c3ccccc3)cc2)sc2cc(OC)c(OC)cc21. The number of para-hydroxylation sites is 1. The normalized spacial score (nSPS) is 12.1. The van der Waals surface area contributed by atoms with Crippen molar-refractivity contribution in [3.8, 4) is 11.5 Å². The quantitative estimate of drug-likeness (QED) is 0.243. The van der Waals surface area contributed by atoms with Gasteiger partial charge in [-0.3, -0.25) is 9.10 Å². The number of thiazole rings is 1. The molecule has 0 spiro atoms. The van der Waals surface area contributed by atoms with E-state index in [1.807, 2.05) is 29.7 Å². The predicted molar refractivity (Wildman–Crippen MR) is 152 cm³/mol. The molecule has 0 aliphatic heterocycles. The lowest BCUT2D eigenvalue weighted by Gasteiger charge is -2.22. The van der Waals surface area contributed by atoms with Crippen LogP contribution in [0, 0.1) is 0 Å². The first-order valence-corrected chi connectivity index (χ1v) is 14.7. The molecule has 0 N–H and O–H groups in total. The Kier molecular flexibility index (Phi) is 9.05.